The van der Waals surface area contributed by atoms with Crippen molar-refractivity contribution < 1.29 is 26.3 Å². The Balaban J connectivity index is 3.35. The number of halogens is 6. The normalized spacial score (nSPS) is 12.7. The zero-order valence-electron chi connectivity index (χ0n) is 9.63. The Bertz CT molecular complexity index is 540. The molecule has 0 saturated heterocycles. The first-order chi connectivity index (χ1) is 9.01. The number of rotatable bonds is 2. The highest BCUT2D eigenvalue weighted by Gasteiger charge is 2.36. The SMILES string of the molecule is NC(N)=NN=Cc1cc(C(F)(F)F)ccc1C(F)(F)F. The molecule has 0 aliphatic carbocycles. The van der Waals surface area contributed by atoms with E-state index in [1.807, 2.05) is 0 Å². The molecule has 0 unspecified atom stereocenters. The summed E-state index contributed by atoms with van der Waals surface area (Å²) in [5.41, 5.74) is 6.47. The summed E-state index contributed by atoms with van der Waals surface area (Å²) < 4.78 is 75.3. The highest BCUT2D eigenvalue weighted by Crippen LogP contribution is 2.35. The van der Waals surface area contributed by atoms with Crippen molar-refractivity contribution >= 4 is 12.2 Å². The molecule has 0 saturated carbocycles. The van der Waals surface area contributed by atoms with Crippen LogP contribution in [0.4, 0.5) is 26.3 Å². The molecule has 0 bridgehead atoms. The summed E-state index contributed by atoms with van der Waals surface area (Å²) >= 11 is 0. The number of guanidine groups is 1. The van der Waals surface area contributed by atoms with Gasteiger partial charge in [0.05, 0.1) is 17.3 Å². The van der Waals surface area contributed by atoms with E-state index in [0.717, 1.165) is 0 Å². The van der Waals surface area contributed by atoms with Gasteiger partial charge < -0.3 is 11.5 Å². The van der Waals surface area contributed by atoms with Gasteiger partial charge in [-0.15, -0.1) is 5.10 Å². The minimum Gasteiger partial charge on any atom is -0.369 e. The second-order valence-electron chi connectivity index (χ2n) is 3.57. The van der Waals surface area contributed by atoms with Crippen molar-refractivity contribution in [2.45, 2.75) is 12.4 Å². The van der Waals surface area contributed by atoms with Gasteiger partial charge in [0.1, 0.15) is 0 Å². The molecule has 0 spiro atoms. The quantitative estimate of drug-likeness (QED) is 0.380. The Morgan fingerprint density at radius 2 is 1.60 bits per heavy atom. The van der Waals surface area contributed by atoms with Gasteiger partial charge in [-0.25, -0.2) is 0 Å². The summed E-state index contributed by atoms with van der Waals surface area (Å²) in [6, 6.07) is 0.967. The fourth-order valence-electron chi connectivity index (χ4n) is 1.26. The van der Waals surface area contributed by atoms with Gasteiger partial charge in [-0.2, -0.15) is 31.4 Å². The Hall–Kier alpha value is -2.26. The van der Waals surface area contributed by atoms with E-state index in [1.54, 1.807) is 0 Å². The van der Waals surface area contributed by atoms with Gasteiger partial charge in [0.2, 0.25) is 5.96 Å². The smallest absolute Gasteiger partial charge is 0.369 e. The second kappa shape index (κ2) is 5.39. The lowest BCUT2D eigenvalue weighted by Crippen LogP contribution is -2.21. The largest absolute Gasteiger partial charge is 0.417 e. The van der Waals surface area contributed by atoms with Gasteiger partial charge in [-0.3, -0.25) is 0 Å². The first-order valence-corrected chi connectivity index (χ1v) is 4.92. The third kappa shape index (κ3) is 4.14. The van der Waals surface area contributed by atoms with Crippen LogP contribution in [0.25, 0.3) is 0 Å². The number of hydrogen-bond donors (Lipinski definition) is 2. The zero-order chi connectivity index (χ0) is 15.6. The molecule has 1 aromatic rings. The van der Waals surface area contributed by atoms with Crippen LogP contribution in [0.3, 0.4) is 0 Å². The van der Waals surface area contributed by atoms with E-state index in [4.69, 9.17) is 11.5 Å². The Morgan fingerprint density at radius 3 is 2.05 bits per heavy atom. The molecule has 0 amide bonds. The molecule has 0 aromatic heterocycles. The second-order valence-corrected chi connectivity index (χ2v) is 3.57. The monoisotopic (exact) mass is 298 g/mol. The molecule has 10 heteroatoms. The molecule has 110 valence electrons. The molecule has 1 rings (SSSR count). The zero-order valence-corrected chi connectivity index (χ0v) is 9.63. The summed E-state index contributed by atoms with van der Waals surface area (Å²) in [5.74, 6) is -0.540. The summed E-state index contributed by atoms with van der Waals surface area (Å²) in [6.45, 7) is 0. The van der Waals surface area contributed by atoms with E-state index in [9.17, 15) is 26.3 Å². The fraction of sp³-hybridized carbons (Fsp3) is 0.200. The summed E-state index contributed by atoms with van der Waals surface area (Å²) in [7, 11) is 0. The predicted octanol–water partition coefficient (Wildman–Crippen LogP) is 2.33. The Labute approximate surface area is 108 Å². The first-order valence-electron chi connectivity index (χ1n) is 4.92. The number of alkyl halides is 6. The molecule has 1 aromatic carbocycles. The minimum atomic E-state index is -4.83. The van der Waals surface area contributed by atoms with Crippen molar-refractivity contribution in [1.29, 1.82) is 0 Å². The van der Waals surface area contributed by atoms with Crippen LogP contribution in [0.15, 0.2) is 28.4 Å². The fourth-order valence-corrected chi connectivity index (χ4v) is 1.26. The lowest BCUT2D eigenvalue weighted by Gasteiger charge is -2.13. The average Bonchev–Trinajstić information content (AvgIpc) is 2.25. The molecular weight excluding hydrogens is 290 g/mol. The molecule has 0 radical (unpaired) electrons. The molecular formula is C10H8F6N4. The van der Waals surface area contributed by atoms with Crippen molar-refractivity contribution in [3.63, 3.8) is 0 Å². The van der Waals surface area contributed by atoms with E-state index < -0.39 is 35.0 Å². The molecule has 0 aliphatic rings. The van der Waals surface area contributed by atoms with Gasteiger partial charge in [-0.1, -0.05) is 0 Å². The van der Waals surface area contributed by atoms with E-state index in [1.165, 1.54) is 0 Å². The van der Waals surface area contributed by atoms with Gasteiger partial charge in [0.25, 0.3) is 0 Å². The van der Waals surface area contributed by atoms with Crippen molar-refractivity contribution in [3.8, 4) is 0 Å². The van der Waals surface area contributed by atoms with Crippen LogP contribution < -0.4 is 11.5 Å². The molecule has 4 nitrogen and oxygen atoms in total. The summed E-state index contributed by atoms with van der Waals surface area (Å²) in [4.78, 5) is 0. The highest BCUT2D eigenvalue weighted by atomic mass is 19.4. The number of hydrogen-bond acceptors (Lipinski definition) is 2. The standard InChI is InChI=1S/C10H8F6N4/c11-9(12,13)6-1-2-7(10(14,15)16)5(3-6)4-19-20-8(17)18/h1-4H,(H4,17,18,20). The Kier molecular flexibility index (Phi) is 4.26. The van der Waals surface area contributed by atoms with Crippen LogP contribution in [-0.4, -0.2) is 12.2 Å². The van der Waals surface area contributed by atoms with Crippen LogP contribution in [0.1, 0.15) is 16.7 Å². The van der Waals surface area contributed by atoms with E-state index >= 15 is 0 Å². The lowest BCUT2D eigenvalue weighted by atomic mass is 10.0. The van der Waals surface area contributed by atoms with Crippen molar-refractivity contribution in [1.82, 2.24) is 0 Å². The molecule has 0 aliphatic heterocycles. The van der Waals surface area contributed by atoms with E-state index in [-0.39, 0.29) is 0 Å². The molecule has 20 heavy (non-hydrogen) atoms. The van der Waals surface area contributed by atoms with Crippen LogP contribution in [0, 0.1) is 0 Å². The van der Waals surface area contributed by atoms with Gasteiger partial charge >= 0.3 is 12.4 Å². The average molecular weight is 298 g/mol. The number of nitrogens with two attached hydrogens (primary N) is 2. The van der Waals surface area contributed by atoms with Gasteiger partial charge in [0, 0.05) is 5.56 Å². The van der Waals surface area contributed by atoms with Crippen LogP contribution in [0.2, 0.25) is 0 Å². The number of nitrogens with zero attached hydrogens (tertiary/aromatic N) is 2. The highest BCUT2D eigenvalue weighted by molar-refractivity contribution is 5.83. The van der Waals surface area contributed by atoms with Crippen molar-refractivity contribution in [2.75, 3.05) is 0 Å². The minimum absolute atomic E-state index is 0.314. The van der Waals surface area contributed by atoms with E-state index in [2.05, 4.69) is 10.2 Å². The molecule has 0 atom stereocenters. The molecule has 0 fully saturated rings. The first kappa shape index (κ1) is 15.8. The van der Waals surface area contributed by atoms with Crippen molar-refractivity contribution in [3.05, 3.63) is 34.9 Å². The maximum atomic E-state index is 12.6. The van der Waals surface area contributed by atoms with Gasteiger partial charge in [0.15, 0.2) is 0 Å². The number of benzene rings is 1. The van der Waals surface area contributed by atoms with Gasteiger partial charge in [-0.05, 0) is 18.2 Å². The summed E-state index contributed by atoms with van der Waals surface area (Å²) in [5, 5.41) is 6.11. The maximum absolute atomic E-state index is 12.6. The maximum Gasteiger partial charge on any atom is 0.417 e. The molecule has 4 N–H and O–H groups in total. The third-order valence-electron chi connectivity index (χ3n) is 2.05. The van der Waals surface area contributed by atoms with Crippen molar-refractivity contribution in [2.24, 2.45) is 21.7 Å². The van der Waals surface area contributed by atoms with E-state index in [0.29, 0.717) is 24.4 Å². The third-order valence-corrected chi connectivity index (χ3v) is 2.05. The predicted molar refractivity (Wildman–Crippen MR) is 59.8 cm³/mol. The van der Waals surface area contributed by atoms with Crippen LogP contribution in [-0.2, 0) is 12.4 Å². The summed E-state index contributed by atoms with van der Waals surface area (Å²) in [6.07, 6.45) is -9.11. The topological polar surface area (TPSA) is 76.8 Å². The van der Waals surface area contributed by atoms with Crippen LogP contribution >= 0.6 is 0 Å². The lowest BCUT2D eigenvalue weighted by molar-refractivity contribution is -0.141. The molecule has 0 heterocycles. The van der Waals surface area contributed by atoms with Crippen LogP contribution in [0.5, 0.6) is 0 Å². The Morgan fingerprint density at radius 1 is 1.00 bits per heavy atom.